The van der Waals surface area contributed by atoms with Gasteiger partial charge in [0, 0.05) is 6.61 Å². The normalized spacial score (nSPS) is 14.4. The topological polar surface area (TPSA) is 20.2 Å². The van der Waals surface area contributed by atoms with Crippen molar-refractivity contribution in [1.82, 2.24) is 0 Å². The van der Waals surface area contributed by atoms with Crippen molar-refractivity contribution in [3.05, 3.63) is 0 Å². The van der Waals surface area contributed by atoms with Crippen LogP contribution in [0.3, 0.4) is 0 Å². The predicted octanol–water partition coefficient (Wildman–Crippen LogP) is 3.28. The SMILES string of the molecule is CCCC(CCO)(C(F)(F)F)C(F)(F)F. The number of hydrogen-bond donors (Lipinski definition) is 1. The van der Waals surface area contributed by atoms with Crippen LogP contribution in [0, 0.1) is 5.41 Å². The molecule has 0 aliphatic carbocycles. The number of aliphatic hydroxyl groups is 1. The summed E-state index contributed by atoms with van der Waals surface area (Å²) in [7, 11) is 0. The van der Waals surface area contributed by atoms with Gasteiger partial charge in [0.1, 0.15) is 0 Å². The van der Waals surface area contributed by atoms with Crippen molar-refractivity contribution in [3.63, 3.8) is 0 Å². The third-order valence-corrected chi connectivity index (χ3v) is 2.30. The second-order valence-electron chi connectivity index (χ2n) is 3.30. The van der Waals surface area contributed by atoms with Crippen LogP contribution in [0.4, 0.5) is 26.3 Å². The summed E-state index contributed by atoms with van der Waals surface area (Å²) in [4.78, 5) is 0. The molecule has 0 radical (unpaired) electrons. The Labute approximate surface area is 83.1 Å². The molecule has 0 rings (SSSR count). The quantitative estimate of drug-likeness (QED) is 0.745. The standard InChI is InChI=1S/C8H12F6O/c1-2-3-6(4-5-15,7(9,10)11)8(12,13)14/h15H,2-5H2,1H3. The summed E-state index contributed by atoms with van der Waals surface area (Å²) in [6.45, 7) is 0.0998. The van der Waals surface area contributed by atoms with E-state index in [-0.39, 0.29) is 6.42 Å². The predicted molar refractivity (Wildman–Crippen MR) is 41.2 cm³/mol. The first-order chi connectivity index (χ1) is 6.62. The average molecular weight is 238 g/mol. The lowest BCUT2D eigenvalue weighted by atomic mass is 9.79. The monoisotopic (exact) mass is 238 g/mol. The van der Waals surface area contributed by atoms with Gasteiger partial charge in [0.2, 0.25) is 0 Å². The average Bonchev–Trinajstić information content (AvgIpc) is 1.99. The molecule has 7 heteroatoms. The molecule has 0 unspecified atom stereocenters. The Hall–Kier alpha value is -0.460. The molecule has 0 bridgehead atoms. The van der Waals surface area contributed by atoms with Crippen LogP contribution in [-0.2, 0) is 0 Å². The molecular weight excluding hydrogens is 226 g/mol. The zero-order valence-electron chi connectivity index (χ0n) is 8.04. The van der Waals surface area contributed by atoms with Crippen LogP contribution < -0.4 is 0 Å². The van der Waals surface area contributed by atoms with E-state index in [0.717, 1.165) is 0 Å². The summed E-state index contributed by atoms with van der Waals surface area (Å²) in [5.74, 6) is 0. The van der Waals surface area contributed by atoms with Crippen LogP contribution in [-0.4, -0.2) is 24.1 Å². The molecule has 0 aliphatic rings. The number of alkyl halides is 6. The Balaban J connectivity index is 5.28. The molecule has 0 fully saturated rings. The van der Waals surface area contributed by atoms with E-state index in [1.807, 2.05) is 0 Å². The fraction of sp³-hybridized carbons (Fsp3) is 1.00. The molecule has 0 aromatic rings. The summed E-state index contributed by atoms with van der Waals surface area (Å²) in [5.41, 5.74) is -3.77. The second-order valence-corrected chi connectivity index (χ2v) is 3.30. The Morgan fingerprint density at radius 1 is 0.867 bits per heavy atom. The molecule has 0 aromatic carbocycles. The van der Waals surface area contributed by atoms with Crippen molar-refractivity contribution in [2.24, 2.45) is 5.41 Å². The van der Waals surface area contributed by atoms with E-state index >= 15 is 0 Å². The van der Waals surface area contributed by atoms with Gasteiger partial charge in [-0.25, -0.2) is 0 Å². The Bertz CT molecular complexity index is 172. The number of rotatable bonds is 4. The van der Waals surface area contributed by atoms with Crippen LogP contribution >= 0.6 is 0 Å². The zero-order chi connectivity index (χ0) is 12.3. The van der Waals surface area contributed by atoms with Gasteiger partial charge in [-0.3, -0.25) is 0 Å². The molecule has 15 heavy (non-hydrogen) atoms. The Kier molecular flexibility index (Phi) is 4.45. The first-order valence-corrected chi connectivity index (χ1v) is 4.36. The first-order valence-electron chi connectivity index (χ1n) is 4.36. The number of hydrogen-bond acceptors (Lipinski definition) is 1. The molecule has 0 amide bonds. The van der Waals surface area contributed by atoms with Gasteiger partial charge in [-0.05, 0) is 12.8 Å². The molecule has 0 aliphatic heterocycles. The van der Waals surface area contributed by atoms with Crippen molar-refractivity contribution < 1.29 is 31.4 Å². The molecule has 0 saturated heterocycles. The van der Waals surface area contributed by atoms with Gasteiger partial charge in [-0.15, -0.1) is 0 Å². The maximum absolute atomic E-state index is 12.4. The highest BCUT2D eigenvalue weighted by molar-refractivity contribution is 4.92. The fourth-order valence-electron chi connectivity index (χ4n) is 1.47. The summed E-state index contributed by atoms with van der Waals surface area (Å²) < 4.78 is 74.5. The van der Waals surface area contributed by atoms with Gasteiger partial charge in [0.25, 0.3) is 0 Å². The minimum absolute atomic E-state index is 0.251. The maximum Gasteiger partial charge on any atom is 0.403 e. The lowest BCUT2D eigenvalue weighted by molar-refractivity contribution is -0.347. The van der Waals surface area contributed by atoms with Gasteiger partial charge in [0.15, 0.2) is 5.41 Å². The largest absolute Gasteiger partial charge is 0.403 e. The molecule has 0 atom stereocenters. The Morgan fingerprint density at radius 2 is 1.27 bits per heavy atom. The van der Waals surface area contributed by atoms with Crippen LogP contribution in [0.25, 0.3) is 0 Å². The molecule has 0 saturated carbocycles. The highest BCUT2D eigenvalue weighted by atomic mass is 19.4. The van der Waals surface area contributed by atoms with Gasteiger partial charge in [-0.2, -0.15) is 26.3 Å². The smallest absolute Gasteiger partial charge is 0.396 e. The van der Waals surface area contributed by atoms with Crippen molar-refractivity contribution >= 4 is 0 Å². The Morgan fingerprint density at radius 3 is 1.47 bits per heavy atom. The van der Waals surface area contributed by atoms with Gasteiger partial charge in [0.05, 0.1) is 0 Å². The van der Waals surface area contributed by atoms with Crippen molar-refractivity contribution in [1.29, 1.82) is 0 Å². The van der Waals surface area contributed by atoms with Crippen molar-refractivity contribution in [3.8, 4) is 0 Å². The number of aliphatic hydroxyl groups excluding tert-OH is 1. The van der Waals surface area contributed by atoms with Crippen LogP contribution in [0.15, 0.2) is 0 Å². The summed E-state index contributed by atoms with van der Waals surface area (Å²) in [5, 5.41) is 8.36. The molecule has 1 N–H and O–H groups in total. The third kappa shape index (κ3) is 2.76. The lowest BCUT2D eigenvalue weighted by Crippen LogP contribution is -2.50. The van der Waals surface area contributed by atoms with E-state index in [1.165, 1.54) is 6.92 Å². The lowest BCUT2D eigenvalue weighted by Gasteiger charge is -2.36. The van der Waals surface area contributed by atoms with Crippen LogP contribution in [0.1, 0.15) is 26.2 Å². The highest BCUT2D eigenvalue weighted by Crippen LogP contribution is 2.55. The molecule has 0 heterocycles. The van der Waals surface area contributed by atoms with E-state index in [1.54, 1.807) is 0 Å². The van der Waals surface area contributed by atoms with Crippen molar-refractivity contribution in [2.75, 3.05) is 6.61 Å². The second kappa shape index (κ2) is 4.59. The van der Waals surface area contributed by atoms with E-state index in [9.17, 15) is 26.3 Å². The molecule has 0 aromatic heterocycles. The van der Waals surface area contributed by atoms with E-state index < -0.39 is 37.2 Å². The molecular formula is C8H12F6O. The summed E-state index contributed by atoms with van der Waals surface area (Å²) in [6, 6.07) is 0. The fourth-order valence-corrected chi connectivity index (χ4v) is 1.47. The molecule has 92 valence electrons. The summed E-state index contributed by atoms with van der Waals surface area (Å²) >= 11 is 0. The van der Waals surface area contributed by atoms with Crippen LogP contribution in [0.2, 0.25) is 0 Å². The van der Waals surface area contributed by atoms with Gasteiger partial charge in [-0.1, -0.05) is 13.3 Å². The van der Waals surface area contributed by atoms with Gasteiger partial charge >= 0.3 is 12.4 Å². The number of halogens is 6. The van der Waals surface area contributed by atoms with E-state index in [4.69, 9.17) is 5.11 Å². The molecule has 1 nitrogen and oxygen atoms in total. The third-order valence-electron chi connectivity index (χ3n) is 2.30. The van der Waals surface area contributed by atoms with Crippen molar-refractivity contribution in [2.45, 2.75) is 38.5 Å². The minimum Gasteiger partial charge on any atom is -0.396 e. The highest BCUT2D eigenvalue weighted by Gasteiger charge is 2.69. The van der Waals surface area contributed by atoms with Gasteiger partial charge < -0.3 is 5.11 Å². The first kappa shape index (κ1) is 14.5. The summed E-state index contributed by atoms with van der Waals surface area (Å²) in [6.07, 6.45) is -13.4. The molecule has 0 spiro atoms. The maximum atomic E-state index is 12.4. The van der Waals surface area contributed by atoms with E-state index in [2.05, 4.69) is 0 Å². The van der Waals surface area contributed by atoms with E-state index in [0.29, 0.717) is 0 Å². The zero-order valence-corrected chi connectivity index (χ0v) is 8.04. The minimum atomic E-state index is -5.38. The van der Waals surface area contributed by atoms with Crippen LogP contribution in [0.5, 0.6) is 0 Å².